The molecule has 2 unspecified atom stereocenters. The van der Waals surface area contributed by atoms with E-state index in [2.05, 4.69) is 0 Å². The molecule has 0 amide bonds. The van der Waals surface area contributed by atoms with E-state index in [4.69, 9.17) is 0 Å². The molecule has 1 saturated carbocycles. The average molecular weight is 172 g/mol. The average Bonchev–Trinajstić information content (AvgIpc) is 2.50. The van der Waals surface area contributed by atoms with Crippen LogP contribution in [-0.2, 0) is 0 Å². The van der Waals surface area contributed by atoms with Gasteiger partial charge >= 0.3 is 0 Å². The fraction of sp³-hybridized carbons (Fsp3) is 1.00. The molecule has 0 aromatic rings. The Hall–Kier alpha value is -0.0800. The van der Waals surface area contributed by atoms with Crippen molar-refractivity contribution in [3.05, 3.63) is 0 Å². The van der Waals surface area contributed by atoms with Crippen molar-refractivity contribution in [2.24, 2.45) is 5.92 Å². The van der Waals surface area contributed by atoms with Crippen LogP contribution in [0, 0.1) is 5.92 Å². The molecule has 0 aromatic heterocycles. The molecule has 1 aliphatic rings. The molecule has 0 heterocycles. The summed E-state index contributed by atoms with van der Waals surface area (Å²) in [6, 6.07) is 0. The third kappa shape index (κ3) is 1.80. The van der Waals surface area contributed by atoms with Gasteiger partial charge < -0.3 is 10.2 Å². The van der Waals surface area contributed by atoms with Crippen molar-refractivity contribution in [2.45, 2.75) is 57.7 Å². The fourth-order valence-electron chi connectivity index (χ4n) is 2.04. The second kappa shape index (κ2) is 3.75. The van der Waals surface area contributed by atoms with Crippen LogP contribution in [0.15, 0.2) is 0 Å². The Balaban J connectivity index is 2.54. The van der Waals surface area contributed by atoms with Gasteiger partial charge in [-0.1, -0.05) is 33.1 Å². The molecule has 1 fully saturated rings. The molecule has 2 heteroatoms. The third-order valence-corrected chi connectivity index (χ3v) is 3.20. The van der Waals surface area contributed by atoms with Gasteiger partial charge in [0, 0.05) is 0 Å². The van der Waals surface area contributed by atoms with Crippen LogP contribution < -0.4 is 0 Å². The van der Waals surface area contributed by atoms with Crippen LogP contribution >= 0.6 is 0 Å². The molecule has 2 nitrogen and oxygen atoms in total. The molecule has 0 bridgehead atoms. The van der Waals surface area contributed by atoms with E-state index in [1.165, 1.54) is 0 Å². The minimum Gasteiger partial charge on any atom is -0.390 e. The molecule has 0 aliphatic heterocycles. The summed E-state index contributed by atoms with van der Waals surface area (Å²) in [7, 11) is 0. The molecule has 2 N–H and O–H groups in total. The maximum Gasteiger partial charge on any atom is 0.0908 e. The summed E-state index contributed by atoms with van der Waals surface area (Å²) in [4.78, 5) is 0. The predicted octanol–water partition coefficient (Wildman–Crippen LogP) is 1.70. The fourth-order valence-corrected chi connectivity index (χ4v) is 2.04. The summed E-state index contributed by atoms with van der Waals surface area (Å²) >= 11 is 0. The van der Waals surface area contributed by atoms with Crippen molar-refractivity contribution >= 4 is 0 Å². The quantitative estimate of drug-likeness (QED) is 0.680. The normalized spacial score (nSPS) is 27.0. The first kappa shape index (κ1) is 10.0. The van der Waals surface area contributed by atoms with Crippen molar-refractivity contribution in [3.63, 3.8) is 0 Å². The van der Waals surface area contributed by atoms with E-state index in [0.29, 0.717) is 0 Å². The second-order valence-corrected chi connectivity index (χ2v) is 4.14. The third-order valence-electron chi connectivity index (χ3n) is 3.20. The van der Waals surface area contributed by atoms with E-state index in [0.717, 1.165) is 32.1 Å². The van der Waals surface area contributed by atoms with Crippen LogP contribution in [0.1, 0.15) is 46.0 Å². The summed E-state index contributed by atoms with van der Waals surface area (Å²) in [5, 5.41) is 19.8. The topological polar surface area (TPSA) is 40.5 Å². The smallest absolute Gasteiger partial charge is 0.0908 e. The van der Waals surface area contributed by atoms with E-state index in [9.17, 15) is 10.2 Å². The zero-order valence-corrected chi connectivity index (χ0v) is 8.08. The van der Waals surface area contributed by atoms with Gasteiger partial charge in [-0.25, -0.2) is 0 Å². The van der Waals surface area contributed by atoms with Gasteiger partial charge in [0.25, 0.3) is 0 Å². The first-order valence-corrected chi connectivity index (χ1v) is 5.00. The number of rotatable bonds is 3. The summed E-state index contributed by atoms with van der Waals surface area (Å²) in [5.41, 5.74) is -0.768. The molecule has 1 rings (SSSR count). The van der Waals surface area contributed by atoms with Crippen molar-refractivity contribution in [1.29, 1.82) is 0 Å². The molecular weight excluding hydrogens is 152 g/mol. The molecule has 0 aromatic carbocycles. The van der Waals surface area contributed by atoms with Crippen molar-refractivity contribution in [3.8, 4) is 0 Å². The van der Waals surface area contributed by atoms with Crippen molar-refractivity contribution in [2.75, 3.05) is 0 Å². The minimum absolute atomic E-state index is 0.216. The van der Waals surface area contributed by atoms with Crippen LogP contribution in [0.25, 0.3) is 0 Å². The molecule has 72 valence electrons. The summed E-state index contributed by atoms with van der Waals surface area (Å²) in [6.45, 7) is 4.05. The van der Waals surface area contributed by atoms with Crippen LogP contribution in [0.5, 0.6) is 0 Å². The van der Waals surface area contributed by atoms with Crippen LogP contribution in [0.2, 0.25) is 0 Å². The Kier molecular flexibility index (Phi) is 3.13. The first-order valence-electron chi connectivity index (χ1n) is 5.00. The van der Waals surface area contributed by atoms with Crippen LogP contribution in [-0.4, -0.2) is 21.9 Å². The molecule has 0 radical (unpaired) electrons. The highest BCUT2D eigenvalue weighted by molar-refractivity contribution is 4.92. The van der Waals surface area contributed by atoms with Gasteiger partial charge in [-0.15, -0.1) is 0 Å². The standard InChI is InChI=1S/C10H20O2/c1-3-8(2)9(11)10(12)6-4-5-7-10/h8-9,11-12H,3-7H2,1-2H3. The summed E-state index contributed by atoms with van der Waals surface area (Å²) < 4.78 is 0. The maximum absolute atomic E-state index is 10.0. The van der Waals surface area contributed by atoms with E-state index < -0.39 is 11.7 Å². The zero-order chi connectivity index (χ0) is 9.19. The van der Waals surface area contributed by atoms with Gasteiger partial charge in [0.2, 0.25) is 0 Å². The number of hydrogen-bond donors (Lipinski definition) is 2. The molecule has 0 spiro atoms. The second-order valence-electron chi connectivity index (χ2n) is 4.14. The molecule has 2 atom stereocenters. The predicted molar refractivity (Wildman–Crippen MR) is 48.9 cm³/mol. The zero-order valence-electron chi connectivity index (χ0n) is 8.08. The van der Waals surface area contributed by atoms with Gasteiger partial charge in [0.05, 0.1) is 11.7 Å². The van der Waals surface area contributed by atoms with Crippen molar-refractivity contribution < 1.29 is 10.2 Å². The molecular formula is C10H20O2. The van der Waals surface area contributed by atoms with Crippen molar-refractivity contribution in [1.82, 2.24) is 0 Å². The maximum atomic E-state index is 10.0. The van der Waals surface area contributed by atoms with Crippen LogP contribution in [0.4, 0.5) is 0 Å². The lowest BCUT2D eigenvalue weighted by Gasteiger charge is -2.32. The number of aliphatic hydroxyl groups is 2. The monoisotopic (exact) mass is 172 g/mol. The number of hydrogen-bond acceptors (Lipinski definition) is 2. The highest BCUT2D eigenvalue weighted by Crippen LogP contribution is 2.35. The Bertz CT molecular complexity index is 139. The van der Waals surface area contributed by atoms with E-state index in [-0.39, 0.29) is 5.92 Å². The van der Waals surface area contributed by atoms with Gasteiger partial charge in [0.1, 0.15) is 0 Å². The Morgan fingerprint density at radius 3 is 2.25 bits per heavy atom. The highest BCUT2D eigenvalue weighted by Gasteiger charge is 2.40. The number of aliphatic hydroxyl groups excluding tert-OH is 1. The first-order chi connectivity index (χ1) is 5.60. The van der Waals surface area contributed by atoms with Crippen LogP contribution in [0.3, 0.4) is 0 Å². The lowest BCUT2D eigenvalue weighted by molar-refractivity contribution is -0.0933. The highest BCUT2D eigenvalue weighted by atomic mass is 16.3. The van der Waals surface area contributed by atoms with Gasteiger partial charge in [0.15, 0.2) is 0 Å². The molecule has 12 heavy (non-hydrogen) atoms. The SMILES string of the molecule is CCC(C)C(O)C1(O)CCCC1. The van der Waals surface area contributed by atoms with E-state index in [1.807, 2.05) is 13.8 Å². The van der Waals surface area contributed by atoms with Gasteiger partial charge in [-0.2, -0.15) is 0 Å². The Morgan fingerprint density at radius 2 is 1.83 bits per heavy atom. The van der Waals surface area contributed by atoms with E-state index in [1.54, 1.807) is 0 Å². The van der Waals surface area contributed by atoms with Gasteiger partial charge in [-0.05, 0) is 18.8 Å². The summed E-state index contributed by atoms with van der Waals surface area (Å²) in [5.74, 6) is 0.216. The Morgan fingerprint density at radius 1 is 1.33 bits per heavy atom. The van der Waals surface area contributed by atoms with Gasteiger partial charge in [-0.3, -0.25) is 0 Å². The lowest BCUT2D eigenvalue weighted by Crippen LogP contribution is -2.43. The Labute approximate surface area is 74.6 Å². The summed E-state index contributed by atoms with van der Waals surface area (Å²) in [6.07, 6.45) is 4.08. The largest absolute Gasteiger partial charge is 0.390 e. The molecule has 1 aliphatic carbocycles. The lowest BCUT2D eigenvalue weighted by atomic mass is 9.85. The molecule has 0 saturated heterocycles. The minimum atomic E-state index is -0.768. The van der Waals surface area contributed by atoms with E-state index >= 15 is 0 Å².